The molecule has 0 spiro atoms. The van der Waals surface area contributed by atoms with Gasteiger partial charge in [-0.3, -0.25) is 4.72 Å². The summed E-state index contributed by atoms with van der Waals surface area (Å²) in [6.45, 7) is 3.92. The Morgan fingerprint density at radius 1 is 1.12 bits per heavy atom. The fraction of sp³-hybridized carbons (Fsp3) is 0.526. The van der Waals surface area contributed by atoms with Crippen LogP contribution in [0.1, 0.15) is 37.0 Å². The molecule has 0 aliphatic carbocycles. The first kappa shape index (κ1) is 24.7. The van der Waals surface area contributed by atoms with E-state index >= 15 is 0 Å². The van der Waals surface area contributed by atoms with Gasteiger partial charge in [-0.25, -0.2) is 16.8 Å². The summed E-state index contributed by atoms with van der Waals surface area (Å²) in [7, 11) is -6.67. The molecule has 0 saturated heterocycles. The van der Waals surface area contributed by atoms with Crippen molar-refractivity contribution in [1.29, 1.82) is 0 Å². The molecule has 10 nitrogen and oxygen atoms in total. The molecule has 13 heteroatoms. The van der Waals surface area contributed by atoms with Crippen LogP contribution < -0.4 is 10.0 Å². The number of benzene rings is 1. The molecule has 0 fully saturated rings. The molecule has 3 N–H and O–H groups in total. The highest BCUT2D eigenvalue weighted by Gasteiger charge is 2.24. The van der Waals surface area contributed by atoms with Crippen LogP contribution in [0.3, 0.4) is 0 Å². The Morgan fingerprint density at radius 2 is 1.81 bits per heavy atom. The number of rotatable bonds is 10. The highest BCUT2D eigenvalue weighted by Crippen LogP contribution is 2.28. The lowest BCUT2D eigenvalue weighted by Gasteiger charge is -2.18. The second kappa shape index (κ2) is 9.89. The van der Waals surface area contributed by atoms with Crippen LogP contribution in [0.5, 0.6) is 0 Å². The number of hydrogen-bond donors (Lipinski definition) is 3. The lowest BCUT2D eigenvalue weighted by Crippen LogP contribution is -2.27. The molecule has 2 heterocycles. The SMILES string of the molecule is CC(C)C[C@H](CO)Nc1nc(NS(C)(=O)=O)nc(SCc2ccc3c(c2)CS(=O)(=O)C3)n1. The Morgan fingerprint density at radius 3 is 2.47 bits per heavy atom. The smallest absolute Gasteiger partial charge is 0.242 e. The second-order valence-electron chi connectivity index (χ2n) is 8.22. The Bertz CT molecular complexity index is 1190. The van der Waals surface area contributed by atoms with Gasteiger partial charge in [0.05, 0.1) is 30.4 Å². The molecule has 0 bridgehead atoms. The standard InChI is InChI=1S/C19H27N5O5S3/c1-12(2)6-16(8-25)20-17-21-18(24-31(3,26)27)23-19(22-17)30-9-13-4-5-14-10-32(28,29)11-15(14)7-13/h4-5,7,12,16,25H,6,8-11H2,1-3H3,(H2,20,21,22,23,24)/t16-/m1/s1. The van der Waals surface area contributed by atoms with Crippen molar-refractivity contribution in [2.24, 2.45) is 5.92 Å². The third-order valence-corrected chi connectivity index (χ3v) is 7.56. The van der Waals surface area contributed by atoms with Gasteiger partial charge in [-0.2, -0.15) is 15.0 Å². The van der Waals surface area contributed by atoms with Crippen molar-refractivity contribution < 1.29 is 21.9 Å². The maximum absolute atomic E-state index is 11.8. The lowest BCUT2D eigenvalue weighted by molar-refractivity contribution is 0.259. The van der Waals surface area contributed by atoms with Crippen LogP contribution in [-0.2, 0) is 37.1 Å². The zero-order chi connectivity index (χ0) is 23.5. The van der Waals surface area contributed by atoms with Gasteiger partial charge in [-0.05, 0) is 29.0 Å². The summed E-state index contributed by atoms with van der Waals surface area (Å²) in [5.41, 5.74) is 2.54. The van der Waals surface area contributed by atoms with Crippen molar-refractivity contribution in [2.75, 3.05) is 22.9 Å². The Labute approximate surface area is 192 Å². The monoisotopic (exact) mass is 501 g/mol. The first-order chi connectivity index (χ1) is 14.9. The molecule has 0 radical (unpaired) electrons. The predicted molar refractivity (Wildman–Crippen MR) is 125 cm³/mol. The topological polar surface area (TPSA) is 151 Å². The molecular formula is C19H27N5O5S3. The zero-order valence-corrected chi connectivity index (χ0v) is 20.5. The molecule has 176 valence electrons. The van der Waals surface area contributed by atoms with Crippen LogP contribution >= 0.6 is 11.8 Å². The average Bonchev–Trinajstić information content (AvgIpc) is 2.97. The van der Waals surface area contributed by atoms with Crippen molar-refractivity contribution in [1.82, 2.24) is 15.0 Å². The Hall–Kier alpha value is -1.96. The highest BCUT2D eigenvalue weighted by molar-refractivity contribution is 7.98. The van der Waals surface area contributed by atoms with E-state index in [4.69, 9.17) is 0 Å². The number of aromatic nitrogens is 3. The first-order valence-corrected chi connectivity index (χ1v) is 14.7. The van der Waals surface area contributed by atoms with Gasteiger partial charge >= 0.3 is 0 Å². The number of aliphatic hydroxyl groups excluding tert-OH is 1. The molecule has 0 unspecified atom stereocenters. The third-order valence-electron chi connectivity index (χ3n) is 4.59. The van der Waals surface area contributed by atoms with Crippen molar-refractivity contribution >= 4 is 43.5 Å². The Balaban J connectivity index is 1.79. The predicted octanol–water partition coefficient (Wildman–Crippen LogP) is 1.78. The molecule has 2 aromatic rings. The third kappa shape index (κ3) is 7.29. The van der Waals surface area contributed by atoms with E-state index in [1.54, 1.807) is 0 Å². The van der Waals surface area contributed by atoms with Gasteiger partial charge in [0.1, 0.15) is 0 Å². The number of nitrogens with zero attached hydrogens (tertiary/aromatic N) is 3. The van der Waals surface area contributed by atoms with Crippen molar-refractivity contribution in [3.8, 4) is 0 Å². The van der Waals surface area contributed by atoms with E-state index in [-0.39, 0.29) is 36.1 Å². The molecule has 1 aromatic carbocycles. The molecule has 1 aromatic heterocycles. The minimum absolute atomic E-state index is 0.0431. The van der Waals surface area contributed by atoms with Crippen LogP contribution in [0.2, 0.25) is 0 Å². The van der Waals surface area contributed by atoms with E-state index in [0.29, 0.717) is 23.2 Å². The number of thioether (sulfide) groups is 1. The van der Waals surface area contributed by atoms with E-state index in [2.05, 4.69) is 25.0 Å². The summed E-state index contributed by atoms with van der Waals surface area (Å²) in [5, 5.41) is 13.0. The molecule has 3 rings (SSSR count). The zero-order valence-electron chi connectivity index (χ0n) is 18.1. The average molecular weight is 502 g/mol. The van der Waals surface area contributed by atoms with Gasteiger partial charge in [0.15, 0.2) is 15.0 Å². The van der Waals surface area contributed by atoms with Gasteiger partial charge in [-0.15, -0.1) is 0 Å². The van der Waals surface area contributed by atoms with Crippen LogP contribution in [0.15, 0.2) is 23.4 Å². The first-order valence-electron chi connectivity index (χ1n) is 9.97. The molecule has 1 aliphatic rings. The van der Waals surface area contributed by atoms with E-state index in [1.165, 1.54) is 11.8 Å². The summed E-state index contributed by atoms with van der Waals surface area (Å²) in [6.07, 6.45) is 1.68. The fourth-order valence-corrected chi connectivity index (χ4v) is 6.15. The van der Waals surface area contributed by atoms with Crippen LogP contribution in [0, 0.1) is 5.92 Å². The van der Waals surface area contributed by atoms with E-state index in [9.17, 15) is 21.9 Å². The molecule has 0 amide bonds. The van der Waals surface area contributed by atoms with Crippen LogP contribution in [0.4, 0.5) is 11.9 Å². The minimum Gasteiger partial charge on any atom is -0.394 e. The van der Waals surface area contributed by atoms with Gasteiger partial charge in [0.2, 0.25) is 21.9 Å². The molecule has 1 atom stereocenters. The van der Waals surface area contributed by atoms with Crippen molar-refractivity contribution in [2.45, 2.75) is 48.7 Å². The summed E-state index contributed by atoms with van der Waals surface area (Å²) in [6, 6.07) is 5.27. The quantitative estimate of drug-likeness (QED) is 0.411. The van der Waals surface area contributed by atoms with Gasteiger partial charge in [0.25, 0.3) is 0 Å². The fourth-order valence-electron chi connectivity index (χ4n) is 3.34. The maximum Gasteiger partial charge on any atom is 0.242 e. The van der Waals surface area contributed by atoms with E-state index in [1.807, 2.05) is 32.0 Å². The Kier molecular flexibility index (Phi) is 7.63. The van der Waals surface area contributed by atoms with E-state index < -0.39 is 19.9 Å². The van der Waals surface area contributed by atoms with Gasteiger partial charge in [-0.1, -0.05) is 43.8 Å². The number of hydrogen-bond acceptors (Lipinski definition) is 10. The summed E-state index contributed by atoms with van der Waals surface area (Å²) >= 11 is 1.27. The number of sulfonamides is 1. The molecule has 1 aliphatic heterocycles. The minimum atomic E-state index is -3.59. The summed E-state index contributed by atoms with van der Waals surface area (Å²) < 4.78 is 49.2. The molecule has 32 heavy (non-hydrogen) atoms. The lowest BCUT2D eigenvalue weighted by atomic mass is 10.0. The second-order valence-corrected chi connectivity index (χ2v) is 13.0. The summed E-state index contributed by atoms with van der Waals surface area (Å²) in [5.74, 6) is 0.947. The van der Waals surface area contributed by atoms with Gasteiger partial charge in [0, 0.05) is 5.75 Å². The maximum atomic E-state index is 11.8. The number of aliphatic hydroxyl groups is 1. The largest absolute Gasteiger partial charge is 0.394 e. The number of nitrogens with one attached hydrogen (secondary N) is 2. The van der Waals surface area contributed by atoms with Gasteiger partial charge < -0.3 is 10.4 Å². The van der Waals surface area contributed by atoms with Crippen molar-refractivity contribution in [3.05, 3.63) is 34.9 Å². The highest BCUT2D eigenvalue weighted by atomic mass is 32.2. The molecular weight excluding hydrogens is 474 g/mol. The molecule has 0 saturated carbocycles. The number of sulfone groups is 1. The summed E-state index contributed by atoms with van der Waals surface area (Å²) in [4.78, 5) is 12.6. The van der Waals surface area contributed by atoms with E-state index in [0.717, 1.165) is 22.9 Å². The number of fused-ring (bicyclic) bond motifs is 1. The van der Waals surface area contributed by atoms with Crippen LogP contribution in [0.25, 0.3) is 0 Å². The van der Waals surface area contributed by atoms with Crippen molar-refractivity contribution in [3.63, 3.8) is 0 Å². The van der Waals surface area contributed by atoms with Crippen LogP contribution in [-0.4, -0.2) is 55.8 Å². The number of anilines is 2. The normalized spacial score (nSPS) is 16.0.